The summed E-state index contributed by atoms with van der Waals surface area (Å²) in [6.07, 6.45) is 3.17. The third-order valence-electron chi connectivity index (χ3n) is 3.80. The molecular formula is C19H24N2O4. The van der Waals surface area contributed by atoms with Crippen LogP contribution in [0.5, 0.6) is 11.5 Å². The van der Waals surface area contributed by atoms with Crippen LogP contribution in [0.1, 0.15) is 31.4 Å². The third kappa shape index (κ3) is 4.97. The lowest BCUT2D eigenvalue weighted by molar-refractivity contribution is -0.117. The summed E-state index contributed by atoms with van der Waals surface area (Å²) in [5.74, 6) is 1.02. The molecule has 0 bridgehead atoms. The zero-order valence-electron chi connectivity index (χ0n) is 14.9. The van der Waals surface area contributed by atoms with E-state index in [0.29, 0.717) is 37.5 Å². The van der Waals surface area contributed by atoms with Crippen molar-refractivity contribution in [2.45, 2.75) is 32.8 Å². The fraction of sp³-hybridized carbons (Fsp3) is 0.474. The van der Waals surface area contributed by atoms with Crippen molar-refractivity contribution in [1.82, 2.24) is 5.32 Å². The second-order valence-corrected chi connectivity index (χ2v) is 5.84. The molecule has 1 atom stereocenters. The first kappa shape index (κ1) is 18.8. The quantitative estimate of drug-likeness (QED) is 0.445. The Morgan fingerprint density at radius 3 is 3.00 bits per heavy atom. The Morgan fingerprint density at radius 1 is 1.52 bits per heavy atom. The van der Waals surface area contributed by atoms with E-state index in [0.717, 1.165) is 17.7 Å². The van der Waals surface area contributed by atoms with Crippen LogP contribution in [0.25, 0.3) is 6.08 Å². The van der Waals surface area contributed by atoms with Gasteiger partial charge in [0.2, 0.25) is 0 Å². The van der Waals surface area contributed by atoms with Gasteiger partial charge in [-0.1, -0.05) is 0 Å². The number of hydrogen-bond acceptors (Lipinski definition) is 5. The lowest BCUT2D eigenvalue weighted by atomic mass is 10.0. The van der Waals surface area contributed by atoms with Gasteiger partial charge >= 0.3 is 0 Å². The number of carbonyl (C=O) groups is 1. The summed E-state index contributed by atoms with van der Waals surface area (Å²) >= 11 is 0. The molecule has 0 fully saturated rings. The summed E-state index contributed by atoms with van der Waals surface area (Å²) in [7, 11) is 1.61. The number of rotatable bonds is 8. The summed E-state index contributed by atoms with van der Waals surface area (Å²) in [5.41, 5.74) is 1.78. The Balaban J connectivity index is 2.23. The number of nitrogens with one attached hydrogen (secondary N) is 1. The van der Waals surface area contributed by atoms with Crippen LogP contribution in [0.15, 0.2) is 17.7 Å². The molecule has 25 heavy (non-hydrogen) atoms. The molecule has 0 aliphatic carbocycles. The number of fused-ring (bicyclic) bond motifs is 1. The van der Waals surface area contributed by atoms with Crippen molar-refractivity contribution in [2.75, 3.05) is 26.9 Å². The van der Waals surface area contributed by atoms with Crippen LogP contribution in [-0.2, 0) is 16.0 Å². The highest BCUT2D eigenvalue weighted by molar-refractivity contribution is 6.02. The zero-order chi connectivity index (χ0) is 18.2. The molecule has 0 aromatic heterocycles. The maximum atomic E-state index is 12.2. The second kappa shape index (κ2) is 9.09. The molecule has 6 nitrogen and oxygen atoms in total. The van der Waals surface area contributed by atoms with Gasteiger partial charge in [0.1, 0.15) is 29.2 Å². The maximum absolute atomic E-state index is 12.2. The summed E-state index contributed by atoms with van der Waals surface area (Å²) in [5, 5.41) is 12.1. The van der Waals surface area contributed by atoms with E-state index >= 15 is 0 Å². The van der Waals surface area contributed by atoms with E-state index in [1.807, 2.05) is 32.0 Å². The van der Waals surface area contributed by atoms with Gasteiger partial charge < -0.3 is 19.5 Å². The maximum Gasteiger partial charge on any atom is 0.261 e. The van der Waals surface area contributed by atoms with Gasteiger partial charge in [0.05, 0.1) is 6.61 Å². The third-order valence-corrected chi connectivity index (χ3v) is 3.80. The topological polar surface area (TPSA) is 80.6 Å². The molecule has 1 aromatic carbocycles. The Morgan fingerprint density at radius 2 is 2.32 bits per heavy atom. The van der Waals surface area contributed by atoms with Crippen LogP contribution in [-0.4, -0.2) is 38.9 Å². The van der Waals surface area contributed by atoms with E-state index in [1.54, 1.807) is 13.2 Å². The Bertz CT molecular complexity index is 691. The van der Waals surface area contributed by atoms with Crippen LogP contribution < -0.4 is 14.8 Å². The Labute approximate surface area is 148 Å². The molecule has 1 N–H and O–H groups in total. The average molecular weight is 344 g/mol. The molecule has 0 saturated carbocycles. The molecule has 1 amide bonds. The van der Waals surface area contributed by atoms with E-state index in [4.69, 9.17) is 14.2 Å². The minimum absolute atomic E-state index is 0.0318. The number of methoxy groups -OCH3 is 1. The van der Waals surface area contributed by atoms with Crippen LogP contribution in [0.4, 0.5) is 0 Å². The highest BCUT2D eigenvalue weighted by Crippen LogP contribution is 2.36. The second-order valence-electron chi connectivity index (χ2n) is 5.84. The van der Waals surface area contributed by atoms with Gasteiger partial charge in [-0.15, -0.1) is 0 Å². The van der Waals surface area contributed by atoms with Crippen molar-refractivity contribution < 1.29 is 19.0 Å². The van der Waals surface area contributed by atoms with Gasteiger partial charge in [0.15, 0.2) is 0 Å². The number of carbonyl (C=O) groups excluding carboxylic acids is 1. The standard InChI is InChI=1S/C19H24N2O4/c1-4-24-17-10-14-8-13(2)25-18(14)11-15(17)9-16(12-20)19(22)21-6-5-7-23-3/h9-11,13H,4-8H2,1-3H3,(H,21,22)/b16-9+/t13-/m0/s1. The SMILES string of the molecule is CCOc1cc2c(cc1/C=C(\C#N)C(=O)NCCCOC)O[C@@H](C)C2. The minimum Gasteiger partial charge on any atom is -0.493 e. The fourth-order valence-electron chi connectivity index (χ4n) is 2.67. The first-order chi connectivity index (χ1) is 12.1. The molecule has 0 saturated heterocycles. The van der Waals surface area contributed by atoms with Crippen LogP contribution in [0, 0.1) is 11.3 Å². The van der Waals surface area contributed by atoms with E-state index in [-0.39, 0.29) is 11.7 Å². The molecule has 1 heterocycles. The lowest BCUT2D eigenvalue weighted by Crippen LogP contribution is -2.26. The van der Waals surface area contributed by atoms with Crippen molar-refractivity contribution in [3.63, 3.8) is 0 Å². The molecule has 1 aliphatic heterocycles. The number of benzene rings is 1. The van der Waals surface area contributed by atoms with E-state index in [2.05, 4.69) is 5.32 Å². The number of hydrogen-bond donors (Lipinski definition) is 1. The lowest BCUT2D eigenvalue weighted by Gasteiger charge is -2.11. The number of nitriles is 1. The zero-order valence-corrected chi connectivity index (χ0v) is 14.9. The van der Waals surface area contributed by atoms with Gasteiger partial charge in [0.25, 0.3) is 5.91 Å². The van der Waals surface area contributed by atoms with E-state index in [1.165, 1.54) is 0 Å². The molecule has 0 spiro atoms. The molecule has 0 radical (unpaired) electrons. The molecule has 1 aliphatic rings. The Kier molecular flexibility index (Phi) is 6.84. The van der Waals surface area contributed by atoms with Gasteiger partial charge in [0, 0.05) is 37.8 Å². The normalized spacial score (nSPS) is 15.9. The average Bonchev–Trinajstić information content (AvgIpc) is 2.95. The highest BCUT2D eigenvalue weighted by atomic mass is 16.5. The van der Waals surface area contributed by atoms with Gasteiger partial charge in [-0.2, -0.15) is 5.26 Å². The summed E-state index contributed by atoms with van der Waals surface area (Å²) < 4.78 is 16.4. The van der Waals surface area contributed by atoms with Gasteiger partial charge in [-0.25, -0.2) is 0 Å². The van der Waals surface area contributed by atoms with Crippen LogP contribution in [0.2, 0.25) is 0 Å². The number of nitrogens with zero attached hydrogens (tertiary/aromatic N) is 1. The van der Waals surface area contributed by atoms with E-state index < -0.39 is 5.91 Å². The molecule has 6 heteroatoms. The van der Waals surface area contributed by atoms with Gasteiger partial charge in [-0.05, 0) is 38.5 Å². The number of ether oxygens (including phenoxy) is 3. The predicted octanol–water partition coefficient (Wildman–Crippen LogP) is 2.47. The van der Waals surface area contributed by atoms with Crippen molar-refractivity contribution >= 4 is 12.0 Å². The van der Waals surface area contributed by atoms with Crippen molar-refractivity contribution in [1.29, 1.82) is 5.26 Å². The van der Waals surface area contributed by atoms with Crippen molar-refractivity contribution in [3.05, 3.63) is 28.8 Å². The first-order valence-corrected chi connectivity index (χ1v) is 8.44. The molecule has 2 rings (SSSR count). The van der Waals surface area contributed by atoms with Crippen LogP contribution >= 0.6 is 0 Å². The van der Waals surface area contributed by atoms with Crippen molar-refractivity contribution in [3.8, 4) is 17.6 Å². The molecule has 134 valence electrons. The first-order valence-electron chi connectivity index (χ1n) is 8.44. The number of amides is 1. The smallest absolute Gasteiger partial charge is 0.261 e. The molecule has 0 unspecified atom stereocenters. The summed E-state index contributed by atoms with van der Waals surface area (Å²) in [4.78, 5) is 12.2. The minimum atomic E-state index is -0.407. The fourth-order valence-corrected chi connectivity index (χ4v) is 2.67. The van der Waals surface area contributed by atoms with Gasteiger partial charge in [-0.3, -0.25) is 4.79 Å². The molecule has 1 aromatic rings. The predicted molar refractivity (Wildman–Crippen MR) is 94.5 cm³/mol. The highest BCUT2D eigenvalue weighted by Gasteiger charge is 2.22. The largest absolute Gasteiger partial charge is 0.493 e. The Hall–Kier alpha value is -2.52. The molecular weight excluding hydrogens is 320 g/mol. The summed E-state index contributed by atoms with van der Waals surface area (Å²) in [6.45, 7) is 5.41. The van der Waals surface area contributed by atoms with Crippen LogP contribution in [0.3, 0.4) is 0 Å². The van der Waals surface area contributed by atoms with E-state index in [9.17, 15) is 10.1 Å². The monoisotopic (exact) mass is 344 g/mol. The van der Waals surface area contributed by atoms with Crippen molar-refractivity contribution in [2.24, 2.45) is 0 Å². The summed E-state index contributed by atoms with van der Waals surface area (Å²) in [6, 6.07) is 5.72.